The molecule has 3 rings (SSSR count). The van der Waals surface area contributed by atoms with Crippen LogP contribution < -0.4 is 16.6 Å². The average molecular weight is 443 g/mol. The number of tetrazole rings is 1. The minimum atomic E-state index is -4.60. The Labute approximate surface area is 164 Å². The molecule has 12 nitrogen and oxygen atoms in total. The molecule has 2 aromatic heterocycles. The van der Waals surface area contributed by atoms with Gasteiger partial charge in [-0.3, -0.25) is 0 Å². The first kappa shape index (κ1) is 20.7. The number of nitrogens with zero attached hydrogens (tertiary/aromatic N) is 4. The van der Waals surface area contributed by atoms with Gasteiger partial charge in [-0.2, -0.15) is 5.21 Å². The van der Waals surface area contributed by atoms with E-state index < -0.39 is 41.2 Å². The van der Waals surface area contributed by atoms with Crippen LogP contribution in [0.2, 0.25) is 0 Å². The molecule has 0 aliphatic carbocycles. The molecule has 0 bridgehead atoms. The van der Waals surface area contributed by atoms with Crippen molar-refractivity contribution in [2.24, 2.45) is 5.14 Å². The number of anilines is 1. The molecule has 154 valence electrons. The number of nitrogens with one attached hydrogen (secondary N) is 1. The summed E-state index contributed by atoms with van der Waals surface area (Å²) >= 11 is 0. The van der Waals surface area contributed by atoms with Crippen molar-refractivity contribution in [1.29, 1.82) is 0 Å². The van der Waals surface area contributed by atoms with Crippen LogP contribution in [0.15, 0.2) is 34.2 Å². The number of primary sulfonamides is 1. The fraction of sp³-hybridized carbons (Fsp3) is 0.143. The topological polar surface area (TPSA) is 215 Å². The Morgan fingerprint density at radius 1 is 1.21 bits per heavy atom. The van der Waals surface area contributed by atoms with Crippen molar-refractivity contribution in [2.45, 2.75) is 9.79 Å². The summed E-state index contributed by atoms with van der Waals surface area (Å²) in [6.45, 7) is -0.00121. The predicted octanol–water partition coefficient (Wildman–Crippen LogP) is -1.69. The highest BCUT2D eigenvalue weighted by Gasteiger charge is 2.32. The first-order chi connectivity index (χ1) is 13.6. The van der Waals surface area contributed by atoms with Gasteiger partial charge in [0.05, 0.1) is 17.0 Å². The molecule has 8 N–H and O–H groups in total. The Kier molecular flexibility index (Phi) is 5.31. The fourth-order valence-corrected chi connectivity index (χ4v) is 5.54. The molecule has 29 heavy (non-hydrogen) atoms. The monoisotopic (exact) mass is 443 g/mol. The molecule has 0 amide bonds. The second kappa shape index (κ2) is 7.43. The standard InChI is InChI=1S/C14H15FN8O4S2/c15-9-5-7(6-19-13(9)17)8-1-2-10(28(24,25)4-3-16)12(29(18,26)27)11(8)14-20-22-23-21-14/h1-2,5-6H,3-4,16H2,(H2,17,19)(H2,18,26,27)(H,20,21,22,23)/p+1. The van der Waals surface area contributed by atoms with Crippen LogP contribution in [-0.4, -0.2) is 54.7 Å². The molecule has 15 heteroatoms. The molecule has 0 spiro atoms. The summed E-state index contributed by atoms with van der Waals surface area (Å²) in [5.74, 6) is -1.89. The van der Waals surface area contributed by atoms with Crippen molar-refractivity contribution < 1.29 is 27.0 Å². The van der Waals surface area contributed by atoms with Crippen molar-refractivity contribution in [3.63, 3.8) is 0 Å². The maximum absolute atomic E-state index is 14.0. The van der Waals surface area contributed by atoms with Gasteiger partial charge >= 0.3 is 0 Å². The van der Waals surface area contributed by atoms with Crippen LogP contribution >= 0.6 is 0 Å². The maximum atomic E-state index is 14.0. The molecule has 0 radical (unpaired) electrons. The Hall–Kier alpha value is -3.01. The third kappa shape index (κ3) is 3.93. The number of pyridine rings is 1. The second-order valence-electron chi connectivity index (χ2n) is 5.86. The number of H-pyrrole nitrogens is 1. The van der Waals surface area contributed by atoms with Gasteiger partial charge in [0.2, 0.25) is 15.8 Å². The van der Waals surface area contributed by atoms with E-state index in [4.69, 9.17) is 10.9 Å². The molecule has 2 heterocycles. The summed E-state index contributed by atoms with van der Waals surface area (Å²) in [6, 6.07) is 3.36. The Morgan fingerprint density at radius 2 is 1.93 bits per heavy atom. The van der Waals surface area contributed by atoms with Gasteiger partial charge in [0, 0.05) is 11.8 Å². The molecule has 0 aliphatic rings. The zero-order valence-corrected chi connectivity index (χ0v) is 16.3. The van der Waals surface area contributed by atoms with Crippen molar-refractivity contribution in [1.82, 2.24) is 25.6 Å². The summed E-state index contributed by atoms with van der Waals surface area (Å²) < 4.78 is 64.1. The molecular formula is C14H16FN8O4S2+. The number of sulfonamides is 1. The molecule has 1 aromatic carbocycles. The van der Waals surface area contributed by atoms with E-state index in [0.29, 0.717) is 0 Å². The molecule has 0 saturated heterocycles. The van der Waals surface area contributed by atoms with Gasteiger partial charge in [0.25, 0.3) is 0 Å². The lowest BCUT2D eigenvalue weighted by Gasteiger charge is -2.15. The van der Waals surface area contributed by atoms with Gasteiger partial charge in [-0.15, -0.1) is 10.2 Å². The van der Waals surface area contributed by atoms with Crippen LogP contribution in [0.3, 0.4) is 0 Å². The molecule has 0 fully saturated rings. The van der Waals surface area contributed by atoms with Gasteiger partial charge < -0.3 is 11.5 Å². The number of aromatic nitrogens is 5. The summed E-state index contributed by atoms with van der Waals surface area (Å²) in [5, 5.41) is 18.4. The minimum absolute atomic E-state index is 0.00121. The molecular weight excluding hydrogens is 427 g/mol. The highest BCUT2D eigenvalue weighted by Crippen LogP contribution is 2.39. The molecule has 0 aliphatic heterocycles. The lowest BCUT2D eigenvalue weighted by atomic mass is 10.0. The third-order valence-corrected chi connectivity index (χ3v) is 6.86. The van der Waals surface area contributed by atoms with E-state index in [2.05, 4.69) is 31.3 Å². The third-order valence-electron chi connectivity index (χ3n) is 3.90. The first-order valence-electron chi connectivity index (χ1n) is 7.93. The van der Waals surface area contributed by atoms with Gasteiger partial charge in [-0.05, 0) is 22.9 Å². The smallest absolute Gasteiger partial charge is 0.240 e. The fourth-order valence-electron chi connectivity index (χ4n) is 2.72. The van der Waals surface area contributed by atoms with Crippen LogP contribution in [0.5, 0.6) is 0 Å². The van der Waals surface area contributed by atoms with E-state index in [9.17, 15) is 21.2 Å². The van der Waals surface area contributed by atoms with E-state index in [0.717, 1.165) is 12.1 Å². The number of benzene rings is 1. The molecule has 0 unspecified atom stereocenters. The maximum Gasteiger partial charge on any atom is 0.240 e. The number of sulfone groups is 1. The second-order valence-corrected chi connectivity index (χ2v) is 9.44. The van der Waals surface area contributed by atoms with Crippen LogP contribution in [-0.2, 0) is 19.9 Å². The zero-order chi connectivity index (χ0) is 21.4. The largest absolute Gasteiger partial charge is 0.381 e. The SMILES string of the molecule is Nc1ncc(-c2ccc(S(=O)(=O)CC[NH3+])c(S(N)(=O)=O)c2-c2nn[nH]n2)cc1F. The number of halogens is 1. The number of quaternary nitrogens is 1. The zero-order valence-electron chi connectivity index (χ0n) is 14.7. The molecule has 0 atom stereocenters. The van der Waals surface area contributed by atoms with E-state index >= 15 is 0 Å². The van der Waals surface area contributed by atoms with E-state index in [1.165, 1.54) is 12.3 Å². The van der Waals surface area contributed by atoms with Gasteiger partial charge in [-0.1, -0.05) is 6.07 Å². The van der Waals surface area contributed by atoms with Crippen molar-refractivity contribution in [3.8, 4) is 22.5 Å². The number of rotatable bonds is 6. The van der Waals surface area contributed by atoms with Gasteiger partial charge in [0.1, 0.15) is 10.6 Å². The lowest BCUT2D eigenvalue weighted by Crippen LogP contribution is -2.53. The highest BCUT2D eigenvalue weighted by atomic mass is 32.2. The lowest BCUT2D eigenvalue weighted by molar-refractivity contribution is -0.360. The van der Waals surface area contributed by atoms with Crippen molar-refractivity contribution in [3.05, 3.63) is 30.2 Å². The Balaban J connectivity index is 2.48. The van der Waals surface area contributed by atoms with Crippen molar-refractivity contribution >= 4 is 25.7 Å². The van der Waals surface area contributed by atoms with E-state index in [-0.39, 0.29) is 34.9 Å². The van der Waals surface area contributed by atoms with Crippen molar-refractivity contribution in [2.75, 3.05) is 18.0 Å². The average Bonchev–Trinajstić information content (AvgIpc) is 3.16. The quantitative estimate of drug-likeness (QED) is 0.341. The number of nitrogen functional groups attached to an aromatic ring is 1. The predicted molar refractivity (Wildman–Crippen MR) is 98.4 cm³/mol. The minimum Gasteiger partial charge on any atom is -0.381 e. The van der Waals surface area contributed by atoms with Crippen LogP contribution in [0.4, 0.5) is 10.2 Å². The van der Waals surface area contributed by atoms with E-state index in [1.807, 2.05) is 0 Å². The number of hydrogen-bond donors (Lipinski definition) is 4. The summed E-state index contributed by atoms with van der Waals surface area (Å²) in [4.78, 5) is 2.42. The molecule has 3 aromatic rings. The van der Waals surface area contributed by atoms with Gasteiger partial charge in [0.15, 0.2) is 21.5 Å². The van der Waals surface area contributed by atoms with Crippen LogP contribution in [0.1, 0.15) is 0 Å². The van der Waals surface area contributed by atoms with Crippen LogP contribution in [0, 0.1) is 5.82 Å². The van der Waals surface area contributed by atoms with Gasteiger partial charge in [-0.25, -0.2) is 31.3 Å². The number of nitrogens with two attached hydrogens (primary N) is 2. The summed E-state index contributed by atoms with van der Waals surface area (Å²) in [6.07, 6.45) is 1.19. The summed E-state index contributed by atoms with van der Waals surface area (Å²) in [7, 11) is -8.67. The summed E-state index contributed by atoms with van der Waals surface area (Å²) in [5.41, 5.74) is 8.77. The molecule has 0 saturated carbocycles. The Bertz CT molecular complexity index is 1280. The number of hydrogen-bond acceptors (Lipinski definition) is 9. The normalized spacial score (nSPS) is 12.2. The van der Waals surface area contributed by atoms with E-state index in [1.54, 1.807) is 0 Å². The number of aromatic amines is 1. The van der Waals surface area contributed by atoms with Crippen LogP contribution in [0.25, 0.3) is 22.5 Å². The Morgan fingerprint density at radius 3 is 2.48 bits per heavy atom. The first-order valence-corrected chi connectivity index (χ1v) is 11.1. The highest BCUT2D eigenvalue weighted by molar-refractivity contribution is 7.93.